The highest BCUT2D eigenvalue weighted by molar-refractivity contribution is 5.41. The molecule has 1 aromatic carbocycles. The summed E-state index contributed by atoms with van der Waals surface area (Å²) >= 11 is 0. The molecule has 84 valence electrons. The number of hydrogen-bond acceptors (Lipinski definition) is 5. The van der Waals surface area contributed by atoms with E-state index >= 15 is 0 Å². The number of nitrogens with two attached hydrogens (primary N) is 1. The van der Waals surface area contributed by atoms with Crippen LogP contribution in [0.1, 0.15) is 11.3 Å². The van der Waals surface area contributed by atoms with Gasteiger partial charge in [0.1, 0.15) is 11.9 Å². The molecule has 2 aromatic rings. The molecular weight excluding hydrogens is 214 g/mol. The fourth-order valence-electron chi connectivity index (χ4n) is 1.31. The van der Waals surface area contributed by atoms with Crippen LogP contribution in [0.25, 0.3) is 0 Å². The van der Waals surface area contributed by atoms with E-state index in [1.807, 2.05) is 30.3 Å². The lowest BCUT2D eigenvalue weighted by molar-refractivity contribution is 1.08. The average Bonchev–Trinajstić information content (AvgIpc) is 2.39. The zero-order valence-electron chi connectivity index (χ0n) is 9.09. The summed E-state index contributed by atoms with van der Waals surface area (Å²) < 4.78 is 0. The summed E-state index contributed by atoms with van der Waals surface area (Å²) in [4.78, 5) is 7.98. The summed E-state index contributed by atoms with van der Waals surface area (Å²) in [7, 11) is 0. The van der Waals surface area contributed by atoms with Crippen LogP contribution < -0.4 is 11.1 Å². The first-order chi connectivity index (χ1) is 8.28. The fraction of sp³-hybridized carbons (Fsp3) is 0.0833. The van der Waals surface area contributed by atoms with E-state index in [4.69, 9.17) is 11.0 Å². The van der Waals surface area contributed by atoms with Crippen LogP contribution in [0.4, 0.5) is 11.5 Å². The summed E-state index contributed by atoms with van der Waals surface area (Å²) in [5, 5.41) is 11.7. The van der Waals surface area contributed by atoms with E-state index in [1.54, 1.807) is 0 Å². The molecule has 0 aliphatic rings. The largest absolute Gasteiger partial charge is 0.399 e. The van der Waals surface area contributed by atoms with E-state index in [1.165, 1.54) is 12.4 Å². The van der Waals surface area contributed by atoms with Crippen LogP contribution in [0, 0.1) is 11.3 Å². The second-order valence-corrected chi connectivity index (χ2v) is 3.49. The van der Waals surface area contributed by atoms with Gasteiger partial charge in [0.25, 0.3) is 0 Å². The summed E-state index contributed by atoms with van der Waals surface area (Å²) in [5.74, 6) is 0.640. The van der Waals surface area contributed by atoms with Crippen molar-refractivity contribution >= 4 is 11.5 Å². The van der Waals surface area contributed by atoms with Crippen LogP contribution in [-0.4, -0.2) is 9.97 Å². The molecule has 17 heavy (non-hydrogen) atoms. The molecule has 3 N–H and O–H groups in total. The third kappa shape index (κ3) is 2.92. The Labute approximate surface area is 98.9 Å². The van der Waals surface area contributed by atoms with Gasteiger partial charge in [-0.3, -0.25) is 0 Å². The predicted molar refractivity (Wildman–Crippen MR) is 64.9 cm³/mol. The average molecular weight is 225 g/mol. The first-order valence-electron chi connectivity index (χ1n) is 5.08. The Morgan fingerprint density at radius 2 is 1.94 bits per heavy atom. The zero-order chi connectivity index (χ0) is 12.1. The summed E-state index contributed by atoms with van der Waals surface area (Å²) in [5.41, 5.74) is 7.75. The van der Waals surface area contributed by atoms with Gasteiger partial charge in [-0.1, -0.05) is 12.1 Å². The minimum Gasteiger partial charge on any atom is -0.399 e. The number of anilines is 2. The molecule has 5 nitrogen and oxygen atoms in total. The van der Waals surface area contributed by atoms with E-state index < -0.39 is 0 Å². The molecular formula is C12H11N5. The second kappa shape index (κ2) is 4.94. The van der Waals surface area contributed by atoms with Crippen molar-refractivity contribution in [2.75, 3.05) is 11.1 Å². The maximum Gasteiger partial charge on any atom is 0.158 e. The number of benzene rings is 1. The van der Waals surface area contributed by atoms with E-state index in [2.05, 4.69) is 15.3 Å². The van der Waals surface area contributed by atoms with Gasteiger partial charge in [-0.05, 0) is 17.7 Å². The molecule has 0 aliphatic heterocycles. The Morgan fingerprint density at radius 3 is 2.53 bits per heavy atom. The summed E-state index contributed by atoms with van der Waals surface area (Å²) in [6.45, 7) is 0.640. The Hall–Kier alpha value is -2.61. The first kappa shape index (κ1) is 10.9. The SMILES string of the molecule is N#Cc1cnc(NCc2ccc(N)cc2)cn1. The molecule has 0 bridgehead atoms. The molecule has 0 saturated heterocycles. The van der Waals surface area contributed by atoms with Crippen molar-refractivity contribution in [2.24, 2.45) is 0 Å². The van der Waals surface area contributed by atoms with Gasteiger partial charge in [-0.2, -0.15) is 5.26 Å². The van der Waals surface area contributed by atoms with E-state index in [-0.39, 0.29) is 0 Å². The smallest absolute Gasteiger partial charge is 0.158 e. The maximum atomic E-state index is 8.58. The monoisotopic (exact) mass is 225 g/mol. The van der Waals surface area contributed by atoms with Gasteiger partial charge in [-0.15, -0.1) is 0 Å². The van der Waals surface area contributed by atoms with E-state index in [9.17, 15) is 0 Å². The lowest BCUT2D eigenvalue weighted by atomic mass is 10.2. The van der Waals surface area contributed by atoms with Crippen molar-refractivity contribution in [3.8, 4) is 6.07 Å². The number of rotatable bonds is 3. The van der Waals surface area contributed by atoms with Crippen molar-refractivity contribution in [2.45, 2.75) is 6.54 Å². The van der Waals surface area contributed by atoms with Gasteiger partial charge in [0.05, 0.1) is 12.4 Å². The molecule has 0 saturated carbocycles. The van der Waals surface area contributed by atoms with Crippen LogP contribution in [0.5, 0.6) is 0 Å². The Morgan fingerprint density at radius 1 is 1.18 bits per heavy atom. The van der Waals surface area contributed by atoms with Gasteiger partial charge in [-0.25, -0.2) is 9.97 Å². The number of nitriles is 1. The van der Waals surface area contributed by atoms with Gasteiger partial charge in [0, 0.05) is 12.2 Å². The van der Waals surface area contributed by atoms with E-state index in [0.717, 1.165) is 11.3 Å². The van der Waals surface area contributed by atoms with Crippen LogP contribution in [0.3, 0.4) is 0 Å². The van der Waals surface area contributed by atoms with Crippen LogP contribution in [-0.2, 0) is 6.54 Å². The van der Waals surface area contributed by atoms with Gasteiger partial charge >= 0.3 is 0 Å². The number of aromatic nitrogens is 2. The molecule has 0 fully saturated rings. The molecule has 2 rings (SSSR count). The molecule has 1 aromatic heterocycles. The molecule has 0 spiro atoms. The topological polar surface area (TPSA) is 87.6 Å². The molecule has 0 atom stereocenters. The highest BCUT2D eigenvalue weighted by Gasteiger charge is 1.97. The Kier molecular flexibility index (Phi) is 3.17. The third-order valence-electron chi connectivity index (χ3n) is 2.22. The third-order valence-corrected chi connectivity index (χ3v) is 2.22. The maximum absolute atomic E-state index is 8.58. The highest BCUT2D eigenvalue weighted by atomic mass is 15.0. The Bertz CT molecular complexity index is 524. The van der Waals surface area contributed by atoms with Crippen LogP contribution in [0.15, 0.2) is 36.7 Å². The summed E-state index contributed by atoms with van der Waals surface area (Å²) in [6, 6.07) is 9.50. The van der Waals surface area contributed by atoms with Gasteiger partial charge in [0.2, 0.25) is 0 Å². The second-order valence-electron chi connectivity index (χ2n) is 3.49. The van der Waals surface area contributed by atoms with Crippen molar-refractivity contribution in [1.29, 1.82) is 5.26 Å². The normalized spacial score (nSPS) is 9.59. The minimum atomic E-state index is 0.308. The molecule has 1 heterocycles. The molecule has 0 amide bonds. The van der Waals surface area contributed by atoms with Crippen LogP contribution >= 0.6 is 0 Å². The number of nitrogens with one attached hydrogen (secondary N) is 1. The summed E-state index contributed by atoms with van der Waals surface area (Å²) in [6.07, 6.45) is 2.97. The van der Waals surface area contributed by atoms with Crippen molar-refractivity contribution in [3.63, 3.8) is 0 Å². The molecule has 0 aliphatic carbocycles. The van der Waals surface area contributed by atoms with Crippen molar-refractivity contribution < 1.29 is 0 Å². The first-order valence-corrected chi connectivity index (χ1v) is 5.08. The van der Waals surface area contributed by atoms with Crippen LogP contribution in [0.2, 0.25) is 0 Å². The van der Waals surface area contributed by atoms with Gasteiger partial charge in [0.15, 0.2) is 5.69 Å². The predicted octanol–water partition coefficient (Wildman–Crippen LogP) is 1.54. The molecule has 0 unspecified atom stereocenters. The molecule has 0 radical (unpaired) electrons. The lowest BCUT2D eigenvalue weighted by Gasteiger charge is -2.05. The zero-order valence-corrected chi connectivity index (χ0v) is 9.09. The molecule has 5 heteroatoms. The van der Waals surface area contributed by atoms with Crippen molar-refractivity contribution in [1.82, 2.24) is 9.97 Å². The quantitative estimate of drug-likeness (QED) is 0.773. The standard InChI is InChI=1S/C12H11N5/c13-5-11-7-17-12(8-15-11)16-6-9-1-3-10(14)4-2-9/h1-4,7-8H,6,14H2,(H,16,17). The number of nitrogens with zero attached hydrogens (tertiary/aromatic N) is 3. The number of hydrogen-bond donors (Lipinski definition) is 2. The lowest BCUT2D eigenvalue weighted by Crippen LogP contribution is -2.02. The highest BCUT2D eigenvalue weighted by Crippen LogP contribution is 2.08. The van der Waals surface area contributed by atoms with Crippen molar-refractivity contribution in [3.05, 3.63) is 47.9 Å². The number of nitrogen functional groups attached to an aromatic ring is 1. The Balaban J connectivity index is 1.98. The fourth-order valence-corrected chi connectivity index (χ4v) is 1.31. The van der Waals surface area contributed by atoms with E-state index in [0.29, 0.717) is 18.1 Å². The van der Waals surface area contributed by atoms with Gasteiger partial charge < -0.3 is 11.1 Å². The minimum absolute atomic E-state index is 0.308.